The highest BCUT2D eigenvalue weighted by Gasteiger charge is 2.50. The van der Waals surface area contributed by atoms with Crippen LogP contribution < -0.4 is 5.32 Å². The van der Waals surface area contributed by atoms with Gasteiger partial charge in [0.2, 0.25) is 0 Å². The minimum Gasteiger partial charge on any atom is -0.375 e. The smallest absolute Gasteiger partial charge is 0.270 e. The lowest BCUT2D eigenvalue weighted by molar-refractivity contribution is -0.384. The van der Waals surface area contributed by atoms with Crippen LogP contribution in [-0.4, -0.2) is 29.1 Å². The molecular formula is C16H22N2O4. The van der Waals surface area contributed by atoms with Crippen molar-refractivity contribution in [3.63, 3.8) is 0 Å². The maximum atomic E-state index is 12.3. The third-order valence-corrected chi connectivity index (χ3v) is 4.24. The summed E-state index contributed by atoms with van der Waals surface area (Å²) in [5.41, 5.74) is 0.0699. The largest absolute Gasteiger partial charge is 0.375 e. The van der Waals surface area contributed by atoms with Crippen molar-refractivity contribution in [2.45, 2.75) is 52.4 Å². The number of ether oxygens (including phenoxy) is 1. The molecule has 6 nitrogen and oxygen atoms in total. The number of non-ortho nitro benzene ring substituents is 1. The van der Waals surface area contributed by atoms with Gasteiger partial charge in [-0.15, -0.1) is 0 Å². The quantitative estimate of drug-likeness (QED) is 0.670. The number of carbonyl (C=O) groups excluding carboxylic acids is 1. The summed E-state index contributed by atoms with van der Waals surface area (Å²) in [4.78, 5) is 22.5. The van der Waals surface area contributed by atoms with E-state index in [9.17, 15) is 14.9 Å². The van der Waals surface area contributed by atoms with Crippen LogP contribution in [0.3, 0.4) is 0 Å². The van der Waals surface area contributed by atoms with Crippen LogP contribution in [0, 0.1) is 15.5 Å². The van der Waals surface area contributed by atoms with Crippen LogP contribution in [0.15, 0.2) is 24.3 Å². The summed E-state index contributed by atoms with van der Waals surface area (Å²) in [6.07, 6.45) is 1.02. The Morgan fingerprint density at radius 3 is 2.68 bits per heavy atom. The van der Waals surface area contributed by atoms with Gasteiger partial charge in [0.1, 0.15) is 0 Å². The van der Waals surface area contributed by atoms with Crippen molar-refractivity contribution in [2.75, 3.05) is 0 Å². The predicted molar refractivity (Wildman–Crippen MR) is 82.8 cm³/mol. The van der Waals surface area contributed by atoms with Gasteiger partial charge in [-0.25, -0.2) is 0 Å². The molecule has 0 radical (unpaired) electrons. The molecule has 6 heteroatoms. The first-order chi connectivity index (χ1) is 10.2. The van der Waals surface area contributed by atoms with E-state index in [-0.39, 0.29) is 35.3 Å². The molecule has 1 aliphatic rings. The number of rotatable bonds is 5. The van der Waals surface area contributed by atoms with Gasteiger partial charge in [-0.3, -0.25) is 14.9 Å². The third kappa shape index (κ3) is 3.27. The maximum absolute atomic E-state index is 12.3. The first-order valence-electron chi connectivity index (χ1n) is 7.42. The summed E-state index contributed by atoms with van der Waals surface area (Å²) in [5.74, 6) is -0.287. The van der Waals surface area contributed by atoms with Crippen molar-refractivity contribution in [1.82, 2.24) is 5.32 Å². The lowest BCUT2D eigenvalue weighted by Gasteiger charge is -2.52. The number of hydrogen-bond acceptors (Lipinski definition) is 4. The monoisotopic (exact) mass is 306 g/mol. The molecule has 1 aliphatic carbocycles. The molecule has 22 heavy (non-hydrogen) atoms. The highest BCUT2D eigenvalue weighted by Crippen LogP contribution is 2.43. The number of nitrogens with one attached hydrogen (secondary N) is 1. The van der Waals surface area contributed by atoms with Gasteiger partial charge in [0.05, 0.1) is 17.1 Å². The average Bonchev–Trinajstić information content (AvgIpc) is 2.45. The van der Waals surface area contributed by atoms with Gasteiger partial charge in [-0.05, 0) is 26.3 Å². The van der Waals surface area contributed by atoms with Crippen LogP contribution in [-0.2, 0) is 4.74 Å². The number of amides is 1. The number of benzene rings is 1. The fraction of sp³-hybridized carbons (Fsp3) is 0.562. The topological polar surface area (TPSA) is 81.5 Å². The molecular weight excluding hydrogens is 284 g/mol. The summed E-state index contributed by atoms with van der Waals surface area (Å²) in [5, 5.41) is 13.7. The van der Waals surface area contributed by atoms with Crippen molar-refractivity contribution < 1.29 is 14.5 Å². The Morgan fingerprint density at radius 1 is 1.45 bits per heavy atom. The molecule has 0 aromatic heterocycles. The lowest BCUT2D eigenvalue weighted by atomic mass is 9.64. The molecule has 1 amide bonds. The molecule has 1 aromatic rings. The Hall–Kier alpha value is -1.95. The second-order valence-electron chi connectivity index (χ2n) is 6.56. The first-order valence-corrected chi connectivity index (χ1v) is 7.42. The number of hydrogen-bond donors (Lipinski definition) is 1. The van der Waals surface area contributed by atoms with Gasteiger partial charge in [-0.2, -0.15) is 0 Å². The minimum atomic E-state index is -0.503. The van der Waals surface area contributed by atoms with E-state index in [1.165, 1.54) is 18.2 Å². The molecule has 0 heterocycles. The van der Waals surface area contributed by atoms with E-state index in [0.717, 1.165) is 6.42 Å². The predicted octanol–water partition coefficient (Wildman–Crippen LogP) is 2.92. The SMILES string of the molecule is CC(C)O[C@H]1C[C@@H](NC(=O)c2cccc([N+](=O)[O-])c2)C1(C)C. The maximum Gasteiger partial charge on any atom is 0.270 e. The number of nitrogens with zero attached hydrogens (tertiary/aromatic N) is 1. The molecule has 1 aromatic carbocycles. The molecule has 120 valence electrons. The van der Waals surface area contributed by atoms with Crippen molar-refractivity contribution in [3.05, 3.63) is 39.9 Å². The van der Waals surface area contributed by atoms with E-state index < -0.39 is 4.92 Å². The van der Waals surface area contributed by atoms with Crippen LogP contribution in [0.25, 0.3) is 0 Å². The number of carbonyl (C=O) groups is 1. The van der Waals surface area contributed by atoms with E-state index in [1.807, 2.05) is 13.8 Å². The van der Waals surface area contributed by atoms with Crippen LogP contribution in [0.4, 0.5) is 5.69 Å². The van der Waals surface area contributed by atoms with Crippen LogP contribution >= 0.6 is 0 Å². The minimum absolute atomic E-state index is 0.00279. The van der Waals surface area contributed by atoms with Gasteiger partial charge in [0.15, 0.2) is 0 Å². The molecule has 0 spiro atoms. The number of nitro groups is 1. The van der Waals surface area contributed by atoms with E-state index in [2.05, 4.69) is 19.2 Å². The second kappa shape index (κ2) is 6.04. The molecule has 1 N–H and O–H groups in total. The molecule has 1 fully saturated rings. The second-order valence-corrected chi connectivity index (χ2v) is 6.56. The summed E-state index contributed by atoms with van der Waals surface area (Å²) >= 11 is 0. The Balaban J connectivity index is 2.02. The van der Waals surface area contributed by atoms with Crippen LogP contribution in [0.1, 0.15) is 44.5 Å². The van der Waals surface area contributed by atoms with Crippen molar-refractivity contribution in [2.24, 2.45) is 5.41 Å². The van der Waals surface area contributed by atoms with Crippen LogP contribution in [0.5, 0.6) is 0 Å². The molecule has 2 atom stereocenters. The van der Waals surface area contributed by atoms with Crippen molar-refractivity contribution in [1.29, 1.82) is 0 Å². The lowest BCUT2D eigenvalue weighted by Crippen LogP contribution is -2.62. The molecule has 2 rings (SSSR count). The zero-order valence-corrected chi connectivity index (χ0v) is 13.3. The fourth-order valence-electron chi connectivity index (χ4n) is 2.69. The Bertz CT molecular complexity index is 583. The van der Waals surface area contributed by atoms with Crippen LogP contribution in [0.2, 0.25) is 0 Å². The molecule has 1 saturated carbocycles. The zero-order chi connectivity index (χ0) is 16.5. The third-order valence-electron chi connectivity index (χ3n) is 4.24. The molecule has 0 saturated heterocycles. The highest BCUT2D eigenvalue weighted by molar-refractivity contribution is 5.95. The van der Waals surface area contributed by atoms with Gasteiger partial charge >= 0.3 is 0 Å². The van der Waals surface area contributed by atoms with Gasteiger partial charge in [-0.1, -0.05) is 19.9 Å². The Morgan fingerprint density at radius 2 is 2.14 bits per heavy atom. The average molecular weight is 306 g/mol. The van der Waals surface area contributed by atoms with E-state index >= 15 is 0 Å². The van der Waals surface area contributed by atoms with E-state index in [4.69, 9.17) is 4.74 Å². The van der Waals surface area contributed by atoms with Gasteiger partial charge in [0, 0.05) is 29.2 Å². The normalized spacial score (nSPS) is 23.0. The standard InChI is InChI=1S/C16H22N2O4/c1-10(2)22-14-9-13(16(14,3)4)17-15(19)11-6-5-7-12(8-11)18(20)21/h5-8,10,13-14H,9H2,1-4H3,(H,17,19)/t13-,14+/m1/s1. The fourth-order valence-corrected chi connectivity index (χ4v) is 2.69. The van der Waals surface area contributed by atoms with Gasteiger partial charge < -0.3 is 10.1 Å². The highest BCUT2D eigenvalue weighted by atomic mass is 16.6. The van der Waals surface area contributed by atoms with Crippen molar-refractivity contribution in [3.8, 4) is 0 Å². The van der Waals surface area contributed by atoms with E-state index in [0.29, 0.717) is 5.56 Å². The summed E-state index contributed by atoms with van der Waals surface area (Å²) in [7, 11) is 0. The van der Waals surface area contributed by atoms with E-state index in [1.54, 1.807) is 6.07 Å². The summed E-state index contributed by atoms with van der Waals surface area (Å²) in [6, 6.07) is 5.77. The first kappa shape index (κ1) is 16.4. The van der Waals surface area contributed by atoms with Crippen molar-refractivity contribution >= 4 is 11.6 Å². The molecule has 0 unspecified atom stereocenters. The zero-order valence-electron chi connectivity index (χ0n) is 13.3. The number of nitro benzene ring substituents is 1. The Kier molecular flexibility index (Phi) is 4.51. The molecule has 0 bridgehead atoms. The Labute approximate surface area is 130 Å². The summed E-state index contributed by atoms with van der Waals surface area (Å²) < 4.78 is 5.83. The molecule has 0 aliphatic heterocycles. The van der Waals surface area contributed by atoms with Gasteiger partial charge in [0.25, 0.3) is 11.6 Å². The summed E-state index contributed by atoms with van der Waals surface area (Å²) in [6.45, 7) is 8.10.